The number of aliphatic hydroxyl groups excluding tert-OH is 2. The molecule has 0 amide bonds. The molecule has 0 bridgehead atoms. The topological polar surface area (TPSA) is 149 Å². The molecule has 0 aliphatic rings. The molecule has 10 nitrogen and oxygen atoms in total. The normalized spacial score (nSPS) is 13.8. The van der Waals surface area contributed by atoms with Gasteiger partial charge in [0.05, 0.1) is 19.8 Å². The quantitative estimate of drug-likeness (QED) is 0.0309. The number of unbranched alkanes of at least 4 members (excludes halogenated alkanes) is 29. The van der Waals surface area contributed by atoms with Crippen LogP contribution in [0.5, 0.6) is 0 Å². The summed E-state index contributed by atoms with van der Waals surface area (Å²) in [6.45, 7) is 2.41. The van der Waals surface area contributed by atoms with Gasteiger partial charge in [-0.05, 0) is 12.8 Å². The molecule has 0 fully saturated rings. The van der Waals surface area contributed by atoms with E-state index in [4.69, 9.17) is 23.6 Å². The first-order valence-corrected chi connectivity index (χ1v) is 24.0. The van der Waals surface area contributed by atoms with Crippen LogP contribution in [0.2, 0.25) is 0 Å². The molecule has 0 heterocycles. The van der Waals surface area contributed by atoms with Crippen LogP contribution < -0.4 is 0 Å². The Hall–Kier alpha value is -1.03. The number of esters is 2. The minimum atomic E-state index is -4.61. The Morgan fingerprint density at radius 3 is 1.15 bits per heavy atom. The van der Waals surface area contributed by atoms with Crippen molar-refractivity contribution in [1.29, 1.82) is 0 Å². The number of rotatable bonds is 43. The molecule has 3 atom stereocenters. The number of phosphoric ester groups is 1. The molecule has 0 rings (SSSR count). The fourth-order valence-electron chi connectivity index (χ4n) is 6.52. The fourth-order valence-corrected chi connectivity index (χ4v) is 7.31. The summed E-state index contributed by atoms with van der Waals surface area (Å²) >= 11 is 0. The summed E-state index contributed by atoms with van der Waals surface area (Å²) in [6, 6.07) is 0. The van der Waals surface area contributed by atoms with Gasteiger partial charge in [0.15, 0.2) is 6.10 Å². The van der Waals surface area contributed by atoms with Crippen molar-refractivity contribution in [2.75, 3.05) is 26.4 Å². The van der Waals surface area contributed by atoms with Crippen LogP contribution in [0.3, 0.4) is 0 Å². The Labute approximate surface area is 331 Å². The summed E-state index contributed by atoms with van der Waals surface area (Å²) in [6.07, 6.45) is 36.4. The van der Waals surface area contributed by atoms with Crippen LogP contribution in [-0.2, 0) is 32.7 Å². The third-order valence-electron chi connectivity index (χ3n) is 10.0. The molecule has 0 saturated carbocycles. The Morgan fingerprint density at radius 1 is 0.481 bits per heavy atom. The lowest BCUT2D eigenvalue weighted by Gasteiger charge is -2.20. The third-order valence-corrected chi connectivity index (χ3v) is 11.0. The van der Waals surface area contributed by atoms with Gasteiger partial charge in [0.1, 0.15) is 12.7 Å². The molecule has 0 aromatic carbocycles. The summed E-state index contributed by atoms with van der Waals surface area (Å²) in [5.74, 6) is -0.910. The summed E-state index contributed by atoms with van der Waals surface area (Å²) in [5, 5.41) is 18.3. The van der Waals surface area contributed by atoms with Crippen molar-refractivity contribution >= 4 is 19.8 Å². The van der Waals surface area contributed by atoms with E-state index in [2.05, 4.69) is 13.8 Å². The van der Waals surface area contributed by atoms with E-state index >= 15 is 0 Å². The van der Waals surface area contributed by atoms with Gasteiger partial charge in [0, 0.05) is 12.8 Å². The average molecular weight is 793 g/mol. The fraction of sp³-hybridized carbons (Fsp3) is 0.953. The third kappa shape index (κ3) is 39.2. The molecule has 0 aliphatic carbocycles. The SMILES string of the molecule is CCCCCCCCCCCCCCCCCCCCCCC(=O)OC(COC(=O)CCCCCCCCCCCCC)COP(=O)(O)OCC(O)CO. The van der Waals surface area contributed by atoms with Crippen LogP contribution >= 0.6 is 7.82 Å². The van der Waals surface area contributed by atoms with Gasteiger partial charge in [0.2, 0.25) is 0 Å². The first-order valence-electron chi connectivity index (χ1n) is 22.5. The van der Waals surface area contributed by atoms with Crippen molar-refractivity contribution < 1.29 is 47.8 Å². The number of carbonyl (C=O) groups is 2. The molecule has 11 heteroatoms. The molecule has 0 aromatic rings. The van der Waals surface area contributed by atoms with E-state index < -0.39 is 51.8 Å². The number of carbonyl (C=O) groups excluding carboxylic acids is 2. The van der Waals surface area contributed by atoms with Crippen LogP contribution in [0.15, 0.2) is 0 Å². The van der Waals surface area contributed by atoms with Crippen molar-refractivity contribution in [2.24, 2.45) is 0 Å². The Bertz CT molecular complexity index is 873. The smallest absolute Gasteiger partial charge is 0.462 e. The Kier molecular flexibility index (Phi) is 39.4. The maximum absolute atomic E-state index is 12.6. The zero-order chi connectivity index (χ0) is 39.8. The minimum absolute atomic E-state index is 0.193. The number of hydrogen-bond donors (Lipinski definition) is 3. The van der Waals surface area contributed by atoms with E-state index in [9.17, 15) is 24.2 Å². The molecular formula is C43H85O10P. The second-order valence-corrected chi connectivity index (χ2v) is 16.9. The van der Waals surface area contributed by atoms with Gasteiger partial charge >= 0.3 is 19.8 Å². The highest BCUT2D eigenvalue weighted by atomic mass is 31.2. The van der Waals surface area contributed by atoms with E-state index in [1.807, 2.05) is 0 Å². The number of hydrogen-bond acceptors (Lipinski definition) is 9. The molecule has 0 aliphatic heterocycles. The van der Waals surface area contributed by atoms with Crippen molar-refractivity contribution in [2.45, 2.75) is 238 Å². The summed E-state index contributed by atoms with van der Waals surface area (Å²) in [4.78, 5) is 34.9. The van der Waals surface area contributed by atoms with Crippen LogP contribution in [0.25, 0.3) is 0 Å². The van der Waals surface area contributed by atoms with Crippen molar-refractivity contribution in [3.05, 3.63) is 0 Å². The van der Waals surface area contributed by atoms with Crippen molar-refractivity contribution in [1.82, 2.24) is 0 Å². The lowest BCUT2D eigenvalue weighted by molar-refractivity contribution is -0.161. The Morgan fingerprint density at radius 2 is 0.796 bits per heavy atom. The number of aliphatic hydroxyl groups is 2. The zero-order valence-corrected chi connectivity index (χ0v) is 35.9. The highest BCUT2D eigenvalue weighted by Crippen LogP contribution is 2.43. The molecule has 54 heavy (non-hydrogen) atoms. The average Bonchev–Trinajstić information content (AvgIpc) is 3.16. The summed E-state index contributed by atoms with van der Waals surface area (Å²) in [5.41, 5.74) is 0. The molecular weight excluding hydrogens is 707 g/mol. The van der Waals surface area contributed by atoms with Crippen molar-refractivity contribution in [3.63, 3.8) is 0 Å². The van der Waals surface area contributed by atoms with Crippen molar-refractivity contribution in [3.8, 4) is 0 Å². The van der Waals surface area contributed by atoms with E-state index in [-0.39, 0.29) is 19.4 Å². The monoisotopic (exact) mass is 793 g/mol. The standard InChI is InChI=1S/C43H85O10P/c1-3-5-7-9-11-13-15-16-17-18-19-20-21-22-23-25-27-29-31-33-35-43(47)53-41(39-52-54(48,49)51-37-40(45)36-44)38-50-42(46)34-32-30-28-26-24-14-12-10-8-6-4-2/h40-41,44-45H,3-39H2,1-2H3,(H,48,49). The number of phosphoric acid groups is 1. The van der Waals surface area contributed by atoms with E-state index in [0.29, 0.717) is 12.8 Å². The molecule has 322 valence electrons. The lowest BCUT2D eigenvalue weighted by atomic mass is 10.0. The van der Waals surface area contributed by atoms with E-state index in [0.717, 1.165) is 38.5 Å². The minimum Gasteiger partial charge on any atom is -0.462 e. The zero-order valence-electron chi connectivity index (χ0n) is 35.0. The van der Waals surface area contributed by atoms with Crippen LogP contribution in [-0.4, -0.2) is 65.7 Å². The molecule has 0 saturated heterocycles. The molecule has 0 spiro atoms. The molecule has 3 unspecified atom stereocenters. The van der Waals surface area contributed by atoms with Gasteiger partial charge in [-0.2, -0.15) is 0 Å². The first kappa shape index (κ1) is 53.0. The van der Waals surface area contributed by atoms with Crippen LogP contribution in [0, 0.1) is 0 Å². The highest BCUT2D eigenvalue weighted by Gasteiger charge is 2.27. The second-order valence-electron chi connectivity index (χ2n) is 15.4. The summed E-state index contributed by atoms with van der Waals surface area (Å²) in [7, 11) is -4.61. The van der Waals surface area contributed by atoms with Gasteiger partial charge in [0.25, 0.3) is 0 Å². The Balaban J connectivity index is 4.17. The maximum Gasteiger partial charge on any atom is 0.472 e. The van der Waals surface area contributed by atoms with E-state index in [1.165, 1.54) is 148 Å². The maximum atomic E-state index is 12.6. The molecule has 0 radical (unpaired) electrons. The van der Waals surface area contributed by atoms with Gasteiger partial charge in [-0.15, -0.1) is 0 Å². The first-order chi connectivity index (χ1) is 26.2. The summed E-state index contributed by atoms with van der Waals surface area (Å²) < 4.78 is 32.7. The predicted octanol–water partition coefficient (Wildman–Crippen LogP) is 11.8. The van der Waals surface area contributed by atoms with Gasteiger partial charge in [-0.3, -0.25) is 18.6 Å². The molecule has 3 N–H and O–H groups in total. The highest BCUT2D eigenvalue weighted by molar-refractivity contribution is 7.47. The van der Waals surface area contributed by atoms with Crippen LogP contribution in [0.4, 0.5) is 0 Å². The molecule has 0 aromatic heterocycles. The largest absolute Gasteiger partial charge is 0.472 e. The second kappa shape index (κ2) is 40.2. The van der Waals surface area contributed by atoms with Crippen LogP contribution in [0.1, 0.15) is 226 Å². The number of ether oxygens (including phenoxy) is 2. The van der Waals surface area contributed by atoms with Gasteiger partial charge < -0.3 is 24.6 Å². The van der Waals surface area contributed by atoms with Gasteiger partial charge in [-0.25, -0.2) is 4.57 Å². The lowest BCUT2D eigenvalue weighted by Crippen LogP contribution is -2.29. The van der Waals surface area contributed by atoms with E-state index in [1.54, 1.807) is 0 Å². The predicted molar refractivity (Wildman–Crippen MR) is 219 cm³/mol. The van der Waals surface area contributed by atoms with Gasteiger partial charge in [-0.1, -0.05) is 200 Å².